The summed E-state index contributed by atoms with van der Waals surface area (Å²) in [7, 11) is 0. The van der Waals surface area contributed by atoms with Gasteiger partial charge in [-0.15, -0.1) is 0 Å². The molecule has 102 valence electrons. The van der Waals surface area contributed by atoms with Crippen molar-refractivity contribution < 1.29 is 4.39 Å². The molecule has 3 nitrogen and oxygen atoms in total. The third-order valence-electron chi connectivity index (χ3n) is 5.24. The summed E-state index contributed by atoms with van der Waals surface area (Å²) >= 11 is 5.76. The minimum atomic E-state index is -0.404. The molecule has 1 aromatic heterocycles. The molecule has 19 heavy (non-hydrogen) atoms. The maximum Gasteiger partial charge on any atom is 0.224 e. The Kier molecular flexibility index (Phi) is 2.69. The van der Waals surface area contributed by atoms with Gasteiger partial charge in [-0.25, -0.2) is 9.37 Å². The molecule has 0 radical (unpaired) electrons. The molecule has 0 unspecified atom stereocenters. The van der Waals surface area contributed by atoms with Crippen molar-refractivity contribution in [1.29, 1.82) is 0 Å². The summed E-state index contributed by atoms with van der Waals surface area (Å²) < 4.78 is 13.7. The highest BCUT2D eigenvalue weighted by atomic mass is 35.5. The summed E-state index contributed by atoms with van der Waals surface area (Å²) in [6, 6.07) is 0.369. The second-order valence-electron chi connectivity index (χ2n) is 6.44. The number of nitrogens with one attached hydrogen (secondary N) is 1. The maximum atomic E-state index is 13.7. The number of halogens is 2. The second-order valence-corrected chi connectivity index (χ2v) is 6.77. The molecule has 0 amide bonds. The van der Waals surface area contributed by atoms with Crippen molar-refractivity contribution in [2.45, 2.75) is 38.1 Å². The quantitative estimate of drug-likeness (QED) is 0.843. The van der Waals surface area contributed by atoms with Crippen LogP contribution in [0.15, 0.2) is 6.20 Å². The Bertz CT molecular complexity index is 479. The molecule has 1 aromatic rings. The molecule has 4 fully saturated rings. The lowest BCUT2D eigenvalue weighted by atomic mass is 9.54. The zero-order chi connectivity index (χ0) is 13.0. The van der Waals surface area contributed by atoms with Gasteiger partial charge in [0.05, 0.1) is 6.20 Å². The zero-order valence-corrected chi connectivity index (χ0v) is 11.4. The van der Waals surface area contributed by atoms with Crippen molar-refractivity contribution in [3.05, 3.63) is 17.3 Å². The minimum Gasteiger partial charge on any atom is -0.364 e. The average molecular weight is 282 g/mol. The molecule has 0 aliphatic heterocycles. The fourth-order valence-electron chi connectivity index (χ4n) is 4.77. The second kappa shape index (κ2) is 4.30. The molecule has 5 heteroatoms. The summed E-state index contributed by atoms with van der Waals surface area (Å²) in [6.07, 6.45) is 7.76. The number of anilines is 1. The summed E-state index contributed by atoms with van der Waals surface area (Å²) in [5.74, 6) is 3.07. The van der Waals surface area contributed by atoms with Gasteiger partial charge in [0.1, 0.15) is 0 Å². The SMILES string of the molecule is Fc1cnc(Cl)nc1NC1C2CC3CC(C2)CC1C3. The fourth-order valence-corrected chi connectivity index (χ4v) is 4.90. The molecule has 0 spiro atoms. The highest BCUT2D eigenvalue weighted by molar-refractivity contribution is 6.28. The van der Waals surface area contributed by atoms with Gasteiger partial charge in [0.15, 0.2) is 11.6 Å². The number of hydrogen-bond donors (Lipinski definition) is 1. The molecule has 1 N–H and O–H groups in total. The zero-order valence-electron chi connectivity index (χ0n) is 10.6. The molecule has 0 atom stereocenters. The van der Waals surface area contributed by atoms with E-state index in [9.17, 15) is 4.39 Å². The van der Waals surface area contributed by atoms with E-state index in [0.717, 1.165) is 18.0 Å². The standard InChI is InChI=1S/C14H17ClFN3/c15-14-17-6-11(16)13(19-14)18-12-9-2-7-1-8(4-9)5-10(12)3-7/h6-10,12H,1-5H2,(H,17,18,19). The van der Waals surface area contributed by atoms with Crippen molar-refractivity contribution in [3.63, 3.8) is 0 Å². The van der Waals surface area contributed by atoms with Gasteiger partial charge < -0.3 is 5.32 Å². The largest absolute Gasteiger partial charge is 0.364 e. The van der Waals surface area contributed by atoms with E-state index in [0.29, 0.717) is 17.9 Å². The summed E-state index contributed by atoms with van der Waals surface area (Å²) in [4.78, 5) is 7.66. The van der Waals surface area contributed by atoms with Gasteiger partial charge in [0, 0.05) is 6.04 Å². The molecule has 1 heterocycles. The van der Waals surface area contributed by atoms with Crippen molar-refractivity contribution in [2.75, 3.05) is 5.32 Å². The van der Waals surface area contributed by atoms with Crippen LogP contribution in [0.3, 0.4) is 0 Å². The third-order valence-corrected chi connectivity index (χ3v) is 5.43. The van der Waals surface area contributed by atoms with Crippen molar-refractivity contribution >= 4 is 17.4 Å². The predicted molar refractivity (Wildman–Crippen MR) is 71.5 cm³/mol. The van der Waals surface area contributed by atoms with Gasteiger partial charge in [0.2, 0.25) is 5.28 Å². The molecule has 4 aliphatic carbocycles. The first kappa shape index (κ1) is 11.9. The van der Waals surface area contributed by atoms with Gasteiger partial charge in [-0.1, -0.05) is 0 Å². The van der Waals surface area contributed by atoms with Gasteiger partial charge in [-0.2, -0.15) is 4.98 Å². The van der Waals surface area contributed by atoms with Crippen LogP contribution in [-0.2, 0) is 0 Å². The monoisotopic (exact) mass is 281 g/mol. The van der Waals surface area contributed by atoms with E-state index in [2.05, 4.69) is 15.3 Å². The number of hydrogen-bond acceptors (Lipinski definition) is 3. The Labute approximate surface area is 117 Å². The first-order valence-corrected chi connectivity index (χ1v) is 7.51. The highest BCUT2D eigenvalue weighted by Crippen LogP contribution is 2.54. The number of nitrogens with zero attached hydrogens (tertiary/aromatic N) is 2. The Morgan fingerprint density at radius 1 is 1.11 bits per heavy atom. The molecule has 0 aromatic carbocycles. The van der Waals surface area contributed by atoms with Crippen LogP contribution in [-0.4, -0.2) is 16.0 Å². The van der Waals surface area contributed by atoms with Gasteiger partial charge >= 0.3 is 0 Å². The summed E-state index contributed by atoms with van der Waals surface area (Å²) in [5, 5.41) is 3.43. The van der Waals surface area contributed by atoms with Crippen LogP contribution in [0, 0.1) is 29.5 Å². The lowest BCUT2D eigenvalue weighted by Gasteiger charge is -2.54. The first-order valence-electron chi connectivity index (χ1n) is 7.13. The first-order chi connectivity index (χ1) is 9.19. The van der Waals surface area contributed by atoms with Crippen molar-refractivity contribution in [3.8, 4) is 0 Å². The molecule has 4 bridgehead atoms. The van der Waals surface area contributed by atoms with Crippen LogP contribution in [0.2, 0.25) is 5.28 Å². The van der Waals surface area contributed by atoms with Crippen LogP contribution in [0.5, 0.6) is 0 Å². The lowest BCUT2D eigenvalue weighted by Crippen LogP contribution is -2.51. The molecule has 0 saturated heterocycles. The van der Waals surface area contributed by atoms with E-state index < -0.39 is 5.82 Å². The Balaban J connectivity index is 1.58. The predicted octanol–water partition coefficient (Wildman–Crippen LogP) is 3.51. The molecule has 4 aliphatic rings. The van der Waals surface area contributed by atoms with E-state index in [1.165, 1.54) is 32.1 Å². The van der Waals surface area contributed by atoms with Crippen LogP contribution in [0.4, 0.5) is 10.2 Å². The molecule has 5 rings (SSSR count). The smallest absolute Gasteiger partial charge is 0.224 e. The summed E-state index contributed by atoms with van der Waals surface area (Å²) in [6.45, 7) is 0. The van der Waals surface area contributed by atoms with E-state index in [4.69, 9.17) is 11.6 Å². The molecular formula is C14H17ClFN3. The number of aromatic nitrogens is 2. The third kappa shape index (κ3) is 2.00. The van der Waals surface area contributed by atoms with Gasteiger partial charge in [0.25, 0.3) is 0 Å². The van der Waals surface area contributed by atoms with Gasteiger partial charge in [-0.05, 0) is 67.4 Å². The molecule has 4 saturated carbocycles. The van der Waals surface area contributed by atoms with Crippen LogP contribution in [0.25, 0.3) is 0 Å². The van der Waals surface area contributed by atoms with Crippen molar-refractivity contribution in [1.82, 2.24) is 9.97 Å². The van der Waals surface area contributed by atoms with E-state index in [1.54, 1.807) is 0 Å². The highest BCUT2D eigenvalue weighted by Gasteiger charge is 2.48. The van der Waals surface area contributed by atoms with E-state index in [-0.39, 0.29) is 11.1 Å². The van der Waals surface area contributed by atoms with E-state index in [1.807, 2.05) is 0 Å². The van der Waals surface area contributed by atoms with Gasteiger partial charge in [-0.3, -0.25) is 0 Å². The Hall–Kier alpha value is -0.900. The Morgan fingerprint density at radius 3 is 2.37 bits per heavy atom. The lowest BCUT2D eigenvalue weighted by molar-refractivity contribution is 0.00731. The average Bonchev–Trinajstić information content (AvgIpc) is 2.37. The maximum absolute atomic E-state index is 13.7. The van der Waals surface area contributed by atoms with E-state index >= 15 is 0 Å². The van der Waals surface area contributed by atoms with Crippen LogP contribution >= 0.6 is 11.6 Å². The summed E-state index contributed by atoms with van der Waals surface area (Å²) in [5.41, 5.74) is 0. The van der Waals surface area contributed by atoms with Crippen LogP contribution < -0.4 is 5.32 Å². The fraction of sp³-hybridized carbons (Fsp3) is 0.714. The normalized spacial score (nSPS) is 39.6. The minimum absolute atomic E-state index is 0.104. The van der Waals surface area contributed by atoms with Crippen molar-refractivity contribution in [2.24, 2.45) is 23.7 Å². The molecular weight excluding hydrogens is 265 g/mol. The van der Waals surface area contributed by atoms with Crippen LogP contribution in [0.1, 0.15) is 32.1 Å². The topological polar surface area (TPSA) is 37.8 Å². The number of rotatable bonds is 2. The Morgan fingerprint density at radius 2 is 1.74 bits per heavy atom.